The van der Waals surface area contributed by atoms with Gasteiger partial charge in [0.25, 0.3) is 0 Å². The summed E-state index contributed by atoms with van der Waals surface area (Å²) in [5.74, 6) is 0. The van der Waals surface area contributed by atoms with E-state index in [0.717, 1.165) is 64.5 Å². The summed E-state index contributed by atoms with van der Waals surface area (Å²) in [6.45, 7) is 12.2. The van der Waals surface area contributed by atoms with Crippen molar-refractivity contribution in [1.82, 2.24) is 0 Å². The fourth-order valence-corrected chi connectivity index (χ4v) is 22.0. The van der Waals surface area contributed by atoms with Gasteiger partial charge in [-0.3, -0.25) is 0 Å². The number of hydrogen-bond acceptors (Lipinski definition) is 4. The second-order valence-electron chi connectivity index (χ2n) is 12.8. The molecule has 4 nitrogen and oxygen atoms in total. The molecule has 0 heterocycles. The molecule has 0 aliphatic rings. The molecule has 248 valence electrons. The summed E-state index contributed by atoms with van der Waals surface area (Å²) in [7, 11) is -7.59. The Balaban J connectivity index is 1.71. The van der Waals surface area contributed by atoms with Gasteiger partial charge in [-0.2, -0.15) is 0 Å². The zero-order valence-electron chi connectivity index (χ0n) is 28.9. The molecule has 0 saturated heterocycles. The van der Waals surface area contributed by atoms with Gasteiger partial charge < -0.3 is 0 Å². The molecular weight excluding hydrogens is 677 g/mol. The van der Waals surface area contributed by atoms with E-state index < -0.39 is 30.2 Å². The van der Waals surface area contributed by atoms with E-state index >= 15 is 7.61 Å². The van der Waals surface area contributed by atoms with E-state index in [1.807, 2.05) is 187 Å². The Bertz CT molecular complexity index is 1870. The molecule has 0 saturated carbocycles. The zero-order chi connectivity index (χ0) is 34.8. The molecule has 0 aliphatic carbocycles. The van der Waals surface area contributed by atoms with Crippen molar-refractivity contribution < 1.29 is 28.2 Å². The molecule has 6 aromatic rings. The first-order valence-corrected chi connectivity index (χ1v) is 22.4. The van der Waals surface area contributed by atoms with Crippen molar-refractivity contribution >= 4 is 47.8 Å². The van der Waals surface area contributed by atoms with E-state index in [4.69, 9.17) is 6.96 Å². The molecule has 0 N–H and O–H groups in total. The van der Waals surface area contributed by atoms with E-state index in [2.05, 4.69) is 0 Å². The Morgan fingerprint density at radius 3 is 0.653 bits per heavy atom. The average molecular weight is 719 g/mol. The normalized spacial score (nSPS) is 12.2. The molecule has 6 rings (SSSR count). The van der Waals surface area contributed by atoms with Crippen LogP contribution >= 0.6 is 0 Å². The summed E-state index contributed by atoms with van der Waals surface area (Å²) in [6.07, 6.45) is 0. The Hall–Kier alpha value is -4.19. The van der Waals surface area contributed by atoms with Crippen LogP contribution in [-0.2, 0) is 28.2 Å². The van der Waals surface area contributed by atoms with E-state index in [-0.39, 0.29) is 0 Å². The van der Waals surface area contributed by atoms with Crippen LogP contribution in [0, 0.1) is 41.5 Å². The first-order chi connectivity index (χ1) is 23.5. The van der Waals surface area contributed by atoms with Crippen molar-refractivity contribution in [2.24, 2.45) is 0 Å². The van der Waals surface area contributed by atoms with Gasteiger partial charge in [0.1, 0.15) is 0 Å². The van der Waals surface area contributed by atoms with Gasteiger partial charge in [0.15, 0.2) is 0 Å². The second kappa shape index (κ2) is 14.0. The first-order valence-electron chi connectivity index (χ1n) is 16.5. The van der Waals surface area contributed by atoms with Crippen LogP contribution in [0.25, 0.3) is 0 Å². The quantitative estimate of drug-likeness (QED) is 0.131. The molecule has 0 fully saturated rings. The van der Waals surface area contributed by atoms with Crippen LogP contribution in [-0.4, -0.2) is 16.6 Å². The Morgan fingerprint density at radius 2 is 0.490 bits per heavy atom. The van der Waals surface area contributed by atoms with Gasteiger partial charge in [0.2, 0.25) is 0 Å². The predicted molar refractivity (Wildman–Crippen MR) is 200 cm³/mol. The van der Waals surface area contributed by atoms with E-state index in [0.29, 0.717) is 0 Å². The van der Waals surface area contributed by atoms with Crippen LogP contribution in [0.2, 0.25) is 0 Å². The molecule has 0 amide bonds. The predicted octanol–water partition coefficient (Wildman–Crippen LogP) is 5.88. The molecule has 0 atom stereocenters. The molecule has 0 spiro atoms. The van der Waals surface area contributed by atoms with Crippen molar-refractivity contribution in [3.05, 3.63) is 179 Å². The third-order valence-electron chi connectivity index (χ3n) is 9.60. The molecule has 0 bridgehead atoms. The molecule has 7 heteroatoms. The standard InChI is InChI=1S/2C21H21OSi.Cr.2O/c2*1-16-10-4-7-13-19(16)23(22,20-14-8-5-11-17(20)2)21-15-9-6-12-18(21)3;;;/h2*4-15H,1-3H3;;;/q2*-1;+2;;. The molecule has 0 radical (unpaired) electrons. The Morgan fingerprint density at radius 1 is 0.327 bits per heavy atom. The van der Waals surface area contributed by atoms with Crippen molar-refractivity contribution in [3.8, 4) is 0 Å². The van der Waals surface area contributed by atoms with Crippen LogP contribution < -0.4 is 31.1 Å². The molecule has 0 unspecified atom stereocenters. The van der Waals surface area contributed by atoms with Gasteiger partial charge in [-0.25, -0.2) is 0 Å². The van der Waals surface area contributed by atoms with Gasteiger partial charge in [0.05, 0.1) is 0 Å². The van der Waals surface area contributed by atoms with E-state index in [1.54, 1.807) is 0 Å². The first kappa shape index (κ1) is 34.7. The molecule has 6 aromatic carbocycles. The second-order valence-corrected chi connectivity index (χ2v) is 22.0. The monoisotopic (exact) mass is 718 g/mol. The van der Waals surface area contributed by atoms with Crippen LogP contribution in [0.3, 0.4) is 0 Å². The summed E-state index contributed by atoms with van der Waals surface area (Å²) in [5, 5.41) is 5.28. The fourth-order valence-electron chi connectivity index (χ4n) is 7.27. The maximum atomic E-state index is 15.5. The van der Waals surface area contributed by atoms with Crippen LogP contribution in [0.5, 0.6) is 0 Å². The number of aryl methyl sites for hydroxylation is 6. The summed E-state index contributed by atoms with van der Waals surface area (Å²) < 4.78 is 45.1. The van der Waals surface area contributed by atoms with Crippen molar-refractivity contribution in [3.63, 3.8) is 0 Å². The zero-order valence-corrected chi connectivity index (χ0v) is 32.2. The minimum atomic E-state index is -5.84. The van der Waals surface area contributed by atoms with Crippen molar-refractivity contribution in [1.29, 1.82) is 0 Å². The number of rotatable bonds is 10. The van der Waals surface area contributed by atoms with Crippen molar-refractivity contribution in [2.45, 2.75) is 41.5 Å². The topological polar surface area (TPSA) is 52.6 Å². The van der Waals surface area contributed by atoms with Crippen LogP contribution in [0.1, 0.15) is 33.4 Å². The molecule has 0 aromatic heterocycles. The van der Waals surface area contributed by atoms with Gasteiger partial charge in [-0.1, -0.05) is 0 Å². The maximum absolute atomic E-state index is 15.5. The molecule has 0 aliphatic heterocycles. The Labute approximate surface area is 295 Å². The number of hydrogen-bond donors (Lipinski definition) is 0. The Kier molecular flexibility index (Phi) is 9.88. The van der Waals surface area contributed by atoms with Crippen LogP contribution in [0.4, 0.5) is 0 Å². The summed E-state index contributed by atoms with van der Waals surface area (Å²) in [4.78, 5) is 0. The number of benzene rings is 6. The van der Waals surface area contributed by atoms with E-state index in [9.17, 15) is 0 Å². The SMILES string of the molecule is Cc1ccccc1[Si]([O][Cr](=[O])(=[O])[O][Si](c1ccccc1C)(c1ccccc1C)c1ccccc1C)(c1ccccc1C)c1ccccc1C. The van der Waals surface area contributed by atoms with Gasteiger partial charge >= 0.3 is 296 Å². The van der Waals surface area contributed by atoms with Gasteiger partial charge in [0, 0.05) is 0 Å². The molecule has 49 heavy (non-hydrogen) atoms. The third kappa shape index (κ3) is 6.35. The van der Waals surface area contributed by atoms with Gasteiger partial charge in [-0.05, 0) is 0 Å². The fraction of sp³-hybridized carbons (Fsp3) is 0.143. The van der Waals surface area contributed by atoms with Crippen LogP contribution in [0.15, 0.2) is 146 Å². The average Bonchev–Trinajstić information content (AvgIpc) is 3.08. The summed E-state index contributed by atoms with van der Waals surface area (Å²) in [6, 6.07) is 48.1. The van der Waals surface area contributed by atoms with E-state index in [1.165, 1.54) is 0 Å². The third-order valence-corrected chi connectivity index (χ3v) is 22.7. The van der Waals surface area contributed by atoms with Gasteiger partial charge in [-0.15, -0.1) is 0 Å². The summed E-state index contributed by atoms with van der Waals surface area (Å²) >= 11 is -5.84. The van der Waals surface area contributed by atoms with Crippen molar-refractivity contribution in [2.75, 3.05) is 0 Å². The molecular formula is C42H42CrO4Si2. The minimum absolute atomic E-state index is 0.880. The summed E-state index contributed by atoms with van der Waals surface area (Å²) in [5.41, 5.74) is 5.80.